The second-order valence-corrected chi connectivity index (χ2v) is 8.14. The average molecular weight is 360 g/mol. The molecule has 2 amide bonds. The van der Waals surface area contributed by atoms with E-state index in [0.717, 1.165) is 31.4 Å². The molecular weight excluding hydrogens is 332 g/mol. The number of nitrogens with one attached hydrogen (secondary N) is 2. The number of fused-ring (bicyclic) bond motifs is 1. The number of hydrogen-bond acceptors (Lipinski definition) is 4. The molecule has 1 aromatic rings. The van der Waals surface area contributed by atoms with Crippen LogP contribution in [0.2, 0.25) is 0 Å². The predicted octanol–water partition coefficient (Wildman–Crippen LogP) is 3.61. The molecule has 26 heavy (non-hydrogen) atoms. The van der Waals surface area contributed by atoms with Crippen molar-refractivity contribution in [2.75, 3.05) is 11.9 Å². The van der Waals surface area contributed by atoms with Gasteiger partial charge in [-0.15, -0.1) is 0 Å². The Labute approximate surface area is 154 Å². The van der Waals surface area contributed by atoms with Gasteiger partial charge in [-0.2, -0.15) is 0 Å². The maximum Gasteiger partial charge on any atom is 0.251 e. The van der Waals surface area contributed by atoms with E-state index in [1.54, 1.807) is 0 Å². The van der Waals surface area contributed by atoms with Crippen LogP contribution in [0.15, 0.2) is 18.2 Å². The fourth-order valence-corrected chi connectivity index (χ4v) is 3.24. The normalized spacial score (nSPS) is 17.8. The van der Waals surface area contributed by atoms with E-state index in [4.69, 9.17) is 9.47 Å². The number of carbonyl (C=O) groups is 2. The van der Waals surface area contributed by atoms with Gasteiger partial charge in [0.15, 0.2) is 11.5 Å². The largest absolute Gasteiger partial charge is 0.448 e. The first-order valence-electron chi connectivity index (χ1n) is 9.38. The molecule has 1 aliphatic heterocycles. The van der Waals surface area contributed by atoms with Crippen molar-refractivity contribution in [3.05, 3.63) is 18.2 Å². The van der Waals surface area contributed by atoms with Crippen LogP contribution in [0.3, 0.4) is 0 Å². The highest BCUT2D eigenvalue weighted by molar-refractivity contribution is 5.91. The van der Waals surface area contributed by atoms with Crippen molar-refractivity contribution in [1.29, 1.82) is 0 Å². The van der Waals surface area contributed by atoms with Crippen LogP contribution in [0.4, 0.5) is 5.69 Å². The van der Waals surface area contributed by atoms with E-state index >= 15 is 0 Å². The number of benzene rings is 1. The highest BCUT2D eigenvalue weighted by atomic mass is 16.7. The summed E-state index contributed by atoms with van der Waals surface area (Å²) in [5.74, 6) is 0.699. The van der Waals surface area contributed by atoms with Gasteiger partial charge in [0.1, 0.15) is 0 Å². The van der Waals surface area contributed by atoms with Crippen molar-refractivity contribution < 1.29 is 19.1 Å². The highest BCUT2D eigenvalue weighted by Gasteiger charge is 2.42. The molecule has 1 aromatic carbocycles. The summed E-state index contributed by atoms with van der Waals surface area (Å²) in [5, 5.41) is 5.63. The molecule has 6 heteroatoms. The fraction of sp³-hybridized carbons (Fsp3) is 0.600. The quantitative estimate of drug-likeness (QED) is 0.860. The van der Waals surface area contributed by atoms with Gasteiger partial charge in [0.25, 0.3) is 5.79 Å². The van der Waals surface area contributed by atoms with Crippen LogP contribution in [-0.2, 0) is 9.59 Å². The Morgan fingerprint density at radius 1 is 1.08 bits per heavy atom. The molecule has 1 fully saturated rings. The molecule has 2 aliphatic rings. The van der Waals surface area contributed by atoms with Crippen LogP contribution in [-0.4, -0.2) is 24.1 Å². The van der Waals surface area contributed by atoms with E-state index in [9.17, 15) is 9.59 Å². The number of anilines is 1. The van der Waals surface area contributed by atoms with E-state index < -0.39 is 11.2 Å². The van der Waals surface area contributed by atoms with Crippen molar-refractivity contribution in [3.8, 4) is 11.5 Å². The molecule has 0 bridgehead atoms. The third-order valence-electron chi connectivity index (χ3n) is 4.75. The van der Waals surface area contributed by atoms with Crippen molar-refractivity contribution in [2.24, 2.45) is 5.41 Å². The third-order valence-corrected chi connectivity index (χ3v) is 4.75. The van der Waals surface area contributed by atoms with E-state index in [2.05, 4.69) is 10.6 Å². The van der Waals surface area contributed by atoms with Gasteiger partial charge in [-0.3, -0.25) is 9.59 Å². The summed E-state index contributed by atoms with van der Waals surface area (Å²) in [6.07, 6.45) is 5.46. The standard InChI is InChI=1S/C20H28N2O4/c1-19(2,3)18(24)21-12-9-17(23)22-14-7-8-15-16(13-14)26-20(25-15)10-5-4-6-11-20/h7-8,13H,4-6,9-12H2,1-3H3,(H,21,24)(H,22,23). The summed E-state index contributed by atoms with van der Waals surface area (Å²) in [6.45, 7) is 5.84. The number of carbonyl (C=O) groups excluding carboxylic acids is 2. The minimum Gasteiger partial charge on any atom is -0.448 e. The van der Waals surface area contributed by atoms with Crippen LogP contribution in [0.5, 0.6) is 11.5 Å². The molecule has 142 valence electrons. The summed E-state index contributed by atoms with van der Waals surface area (Å²) < 4.78 is 12.1. The van der Waals surface area contributed by atoms with E-state index in [1.807, 2.05) is 39.0 Å². The molecule has 1 saturated carbocycles. The highest BCUT2D eigenvalue weighted by Crippen LogP contribution is 2.46. The molecule has 1 spiro atoms. The van der Waals surface area contributed by atoms with Crippen LogP contribution in [0.25, 0.3) is 0 Å². The summed E-state index contributed by atoms with van der Waals surface area (Å²) in [6, 6.07) is 5.47. The van der Waals surface area contributed by atoms with Crippen LogP contribution < -0.4 is 20.1 Å². The minimum atomic E-state index is -0.513. The molecule has 1 aliphatic carbocycles. The van der Waals surface area contributed by atoms with Gasteiger partial charge >= 0.3 is 0 Å². The van der Waals surface area contributed by atoms with Gasteiger partial charge in [0.05, 0.1) is 0 Å². The molecule has 0 saturated heterocycles. The predicted molar refractivity (Wildman–Crippen MR) is 99.2 cm³/mol. The lowest BCUT2D eigenvalue weighted by molar-refractivity contribution is -0.128. The number of rotatable bonds is 4. The van der Waals surface area contributed by atoms with Gasteiger partial charge in [-0.1, -0.05) is 27.2 Å². The maximum atomic E-state index is 12.1. The fourth-order valence-electron chi connectivity index (χ4n) is 3.24. The van der Waals surface area contributed by atoms with E-state index in [0.29, 0.717) is 18.0 Å². The summed E-state index contributed by atoms with van der Waals surface area (Å²) in [7, 11) is 0. The molecular formula is C20H28N2O4. The Morgan fingerprint density at radius 2 is 1.77 bits per heavy atom. The maximum absolute atomic E-state index is 12.1. The van der Waals surface area contributed by atoms with Crippen molar-refractivity contribution in [3.63, 3.8) is 0 Å². The van der Waals surface area contributed by atoms with E-state index in [-0.39, 0.29) is 18.2 Å². The first-order chi connectivity index (χ1) is 12.3. The first kappa shape index (κ1) is 18.5. The lowest BCUT2D eigenvalue weighted by Gasteiger charge is -2.31. The molecule has 3 rings (SSSR count). The summed E-state index contributed by atoms with van der Waals surface area (Å²) in [4.78, 5) is 23.9. The Kier molecular flexibility index (Phi) is 5.12. The number of hydrogen-bond donors (Lipinski definition) is 2. The van der Waals surface area contributed by atoms with Crippen LogP contribution in [0.1, 0.15) is 59.3 Å². The van der Waals surface area contributed by atoms with Crippen molar-refractivity contribution >= 4 is 17.5 Å². The Balaban J connectivity index is 1.52. The zero-order chi connectivity index (χ0) is 18.8. The lowest BCUT2D eigenvalue weighted by atomic mass is 9.94. The topological polar surface area (TPSA) is 76.7 Å². The molecule has 0 unspecified atom stereocenters. The average Bonchev–Trinajstić information content (AvgIpc) is 2.91. The summed E-state index contributed by atoms with van der Waals surface area (Å²) in [5.41, 5.74) is 0.218. The molecule has 0 radical (unpaired) electrons. The van der Waals surface area contributed by atoms with Gasteiger partial charge in [-0.25, -0.2) is 0 Å². The zero-order valence-electron chi connectivity index (χ0n) is 15.8. The minimum absolute atomic E-state index is 0.0637. The lowest BCUT2D eigenvalue weighted by Crippen LogP contribution is -2.40. The monoisotopic (exact) mass is 360 g/mol. The van der Waals surface area contributed by atoms with Gasteiger partial charge in [0.2, 0.25) is 11.8 Å². The second kappa shape index (κ2) is 7.17. The Hall–Kier alpha value is -2.24. The molecule has 1 heterocycles. The molecule has 0 atom stereocenters. The van der Waals surface area contributed by atoms with E-state index in [1.165, 1.54) is 6.42 Å². The number of ether oxygens (including phenoxy) is 2. The van der Waals surface area contributed by atoms with Crippen LogP contribution >= 0.6 is 0 Å². The van der Waals surface area contributed by atoms with Crippen LogP contribution in [0, 0.1) is 5.41 Å². The van der Waals surface area contributed by atoms with Crippen molar-refractivity contribution in [2.45, 2.75) is 65.1 Å². The van der Waals surface area contributed by atoms with Gasteiger partial charge < -0.3 is 20.1 Å². The second-order valence-electron chi connectivity index (χ2n) is 8.14. The third kappa shape index (κ3) is 4.29. The molecule has 0 aromatic heterocycles. The SMILES string of the molecule is CC(C)(C)C(=O)NCCC(=O)Nc1ccc2c(c1)OC1(CCCCC1)O2. The van der Waals surface area contributed by atoms with Gasteiger partial charge in [-0.05, 0) is 25.0 Å². The smallest absolute Gasteiger partial charge is 0.251 e. The van der Waals surface area contributed by atoms with Crippen molar-refractivity contribution in [1.82, 2.24) is 5.32 Å². The summed E-state index contributed by atoms with van der Waals surface area (Å²) >= 11 is 0. The zero-order valence-corrected chi connectivity index (χ0v) is 15.8. The Morgan fingerprint density at radius 3 is 2.46 bits per heavy atom. The molecule has 2 N–H and O–H groups in total. The number of amides is 2. The molecule has 6 nitrogen and oxygen atoms in total. The Bertz CT molecular complexity index is 688. The first-order valence-corrected chi connectivity index (χ1v) is 9.38. The van der Waals surface area contributed by atoms with Gasteiger partial charge in [0, 0.05) is 43.0 Å².